The van der Waals surface area contributed by atoms with Gasteiger partial charge in [0.05, 0.1) is 5.69 Å². The fraction of sp³-hybridized carbons (Fsp3) is 0.179. The monoisotopic (exact) mass is 527 g/mol. The molecule has 6 nitrogen and oxygen atoms in total. The van der Waals surface area contributed by atoms with Gasteiger partial charge in [0.1, 0.15) is 11.0 Å². The average Bonchev–Trinajstić information content (AvgIpc) is 3.28. The van der Waals surface area contributed by atoms with Crippen molar-refractivity contribution in [1.29, 1.82) is 0 Å². The predicted octanol–water partition coefficient (Wildman–Crippen LogP) is 6.74. The summed E-state index contributed by atoms with van der Waals surface area (Å²) in [6, 6.07) is 23.7. The second-order valence-electron chi connectivity index (χ2n) is 8.43. The van der Waals surface area contributed by atoms with E-state index in [9.17, 15) is 4.79 Å². The largest absolute Gasteiger partial charge is 0.372 e. The molecule has 5 aromatic rings. The molecule has 0 atom stereocenters. The van der Waals surface area contributed by atoms with Crippen LogP contribution in [0.3, 0.4) is 0 Å². The second-order valence-corrected chi connectivity index (χ2v) is 9.28. The highest BCUT2D eigenvalue weighted by molar-refractivity contribution is 9.10. The Morgan fingerprint density at radius 2 is 1.57 bits per heavy atom. The third-order valence-electron chi connectivity index (χ3n) is 6.30. The first-order chi connectivity index (χ1) is 17.0. The van der Waals surface area contributed by atoms with Gasteiger partial charge < -0.3 is 10.2 Å². The van der Waals surface area contributed by atoms with Gasteiger partial charge in [0.15, 0.2) is 0 Å². The zero-order valence-corrected chi connectivity index (χ0v) is 21.5. The number of nitrogens with one attached hydrogen (secondary N) is 1. The van der Waals surface area contributed by atoms with Crippen LogP contribution in [0.4, 0.5) is 11.4 Å². The van der Waals surface area contributed by atoms with Gasteiger partial charge in [0.25, 0.3) is 5.91 Å². The number of carbonyl (C=O) groups excluding carboxylic acids is 1. The minimum Gasteiger partial charge on any atom is -0.372 e. The molecule has 1 N–H and O–H groups in total. The Balaban J connectivity index is 1.44. The molecule has 0 spiro atoms. The van der Waals surface area contributed by atoms with Gasteiger partial charge in [-0.3, -0.25) is 4.79 Å². The Kier molecular flexibility index (Phi) is 6.26. The van der Waals surface area contributed by atoms with E-state index in [2.05, 4.69) is 62.3 Å². The summed E-state index contributed by atoms with van der Waals surface area (Å²) in [7, 11) is 0. The average molecular weight is 528 g/mol. The first kappa shape index (κ1) is 23.1. The highest BCUT2D eigenvalue weighted by Crippen LogP contribution is 2.28. The van der Waals surface area contributed by atoms with Crippen molar-refractivity contribution >= 4 is 55.0 Å². The van der Waals surface area contributed by atoms with Crippen LogP contribution in [0.25, 0.3) is 27.5 Å². The van der Waals surface area contributed by atoms with Crippen LogP contribution >= 0.6 is 15.9 Å². The molecule has 0 saturated heterocycles. The van der Waals surface area contributed by atoms with E-state index >= 15 is 0 Å². The van der Waals surface area contributed by atoms with E-state index in [0.29, 0.717) is 5.56 Å². The van der Waals surface area contributed by atoms with Gasteiger partial charge in [-0.1, -0.05) is 40.2 Å². The van der Waals surface area contributed by atoms with E-state index in [-0.39, 0.29) is 5.91 Å². The molecule has 4 aromatic carbocycles. The fourth-order valence-electron chi connectivity index (χ4n) is 4.36. The molecule has 0 aliphatic heterocycles. The zero-order chi connectivity index (χ0) is 24.5. The Hall–Kier alpha value is -3.71. The first-order valence-electron chi connectivity index (χ1n) is 11.7. The number of benzene rings is 4. The number of halogens is 1. The topological polar surface area (TPSA) is 63.1 Å². The molecule has 7 heteroatoms. The van der Waals surface area contributed by atoms with Crippen molar-refractivity contribution in [2.75, 3.05) is 23.3 Å². The first-order valence-corrected chi connectivity index (χ1v) is 12.5. The number of anilines is 2. The SMILES string of the molecule is CCN(CC)c1ccc(-n2nc3cc(C)c(NC(=O)c4cccc5c(Br)cccc45)cc3n2)cc1. The summed E-state index contributed by atoms with van der Waals surface area (Å²) in [6.45, 7) is 8.19. The molecule has 0 aliphatic rings. The maximum Gasteiger partial charge on any atom is 0.256 e. The van der Waals surface area contributed by atoms with Crippen molar-refractivity contribution in [2.45, 2.75) is 20.8 Å². The quantitative estimate of drug-likeness (QED) is 0.265. The Bertz CT molecular complexity index is 1540. The number of nitrogens with zero attached hydrogens (tertiary/aromatic N) is 4. The lowest BCUT2D eigenvalue weighted by Crippen LogP contribution is -2.21. The number of rotatable bonds is 6. The van der Waals surface area contributed by atoms with Crippen LogP contribution in [-0.2, 0) is 0 Å². The summed E-state index contributed by atoms with van der Waals surface area (Å²) in [5, 5.41) is 14.3. The lowest BCUT2D eigenvalue weighted by molar-refractivity contribution is 0.102. The molecule has 0 aliphatic carbocycles. The number of aromatic nitrogens is 3. The van der Waals surface area contributed by atoms with Crippen molar-refractivity contribution in [1.82, 2.24) is 15.0 Å². The van der Waals surface area contributed by atoms with E-state index in [1.165, 1.54) is 5.69 Å². The van der Waals surface area contributed by atoms with Crippen molar-refractivity contribution in [2.24, 2.45) is 0 Å². The molecule has 0 saturated carbocycles. The van der Waals surface area contributed by atoms with Crippen LogP contribution in [0.2, 0.25) is 0 Å². The molecule has 5 rings (SSSR count). The molecule has 0 radical (unpaired) electrons. The van der Waals surface area contributed by atoms with Crippen LogP contribution in [0.15, 0.2) is 77.3 Å². The number of amides is 1. The van der Waals surface area contributed by atoms with Crippen LogP contribution in [-0.4, -0.2) is 34.0 Å². The van der Waals surface area contributed by atoms with E-state index < -0.39 is 0 Å². The molecular formula is C28H26BrN5O. The Morgan fingerprint density at radius 1 is 0.914 bits per heavy atom. The van der Waals surface area contributed by atoms with Gasteiger partial charge in [-0.2, -0.15) is 4.80 Å². The van der Waals surface area contributed by atoms with E-state index in [1.54, 1.807) is 4.80 Å². The summed E-state index contributed by atoms with van der Waals surface area (Å²) in [5.41, 5.74) is 5.84. The Labute approximate surface area is 212 Å². The normalized spacial score (nSPS) is 11.2. The summed E-state index contributed by atoms with van der Waals surface area (Å²) in [5.74, 6) is -0.157. The van der Waals surface area contributed by atoms with Crippen molar-refractivity contribution in [3.63, 3.8) is 0 Å². The summed E-state index contributed by atoms with van der Waals surface area (Å²) >= 11 is 3.57. The number of carbonyl (C=O) groups is 1. The minimum atomic E-state index is -0.157. The third-order valence-corrected chi connectivity index (χ3v) is 6.99. The van der Waals surface area contributed by atoms with E-state index in [4.69, 9.17) is 0 Å². The summed E-state index contributed by atoms with van der Waals surface area (Å²) in [6.07, 6.45) is 0. The molecule has 35 heavy (non-hydrogen) atoms. The molecule has 1 aromatic heterocycles. The minimum absolute atomic E-state index is 0.157. The molecular weight excluding hydrogens is 502 g/mol. The lowest BCUT2D eigenvalue weighted by Gasteiger charge is -2.20. The maximum atomic E-state index is 13.2. The van der Waals surface area contributed by atoms with Crippen LogP contribution in [0.5, 0.6) is 0 Å². The standard InChI is InChI=1S/C28H26BrN5O/c1-4-33(5-2)19-12-14-20(15-13-19)34-31-26-16-18(3)25(17-27(26)32-34)30-28(35)23-10-6-9-22-21(23)8-7-11-24(22)29/h6-17H,4-5H2,1-3H3,(H,30,35). The highest BCUT2D eigenvalue weighted by Gasteiger charge is 2.15. The highest BCUT2D eigenvalue weighted by atomic mass is 79.9. The van der Waals surface area contributed by atoms with Gasteiger partial charge in [-0.25, -0.2) is 0 Å². The number of fused-ring (bicyclic) bond motifs is 2. The Morgan fingerprint density at radius 3 is 2.29 bits per heavy atom. The van der Waals surface area contributed by atoms with E-state index in [0.717, 1.165) is 56.3 Å². The zero-order valence-electron chi connectivity index (χ0n) is 19.9. The fourth-order valence-corrected chi connectivity index (χ4v) is 4.86. The molecule has 0 bridgehead atoms. The van der Waals surface area contributed by atoms with Gasteiger partial charge >= 0.3 is 0 Å². The number of hydrogen-bond donors (Lipinski definition) is 1. The number of aryl methyl sites for hydroxylation is 1. The lowest BCUT2D eigenvalue weighted by atomic mass is 10.0. The predicted molar refractivity (Wildman–Crippen MR) is 147 cm³/mol. The summed E-state index contributed by atoms with van der Waals surface area (Å²) < 4.78 is 0.962. The smallest absolute Gasteiger partial charge is 0.256 e. The van der Waals surface area contributed by atoms with Crippen molar-refractivity contribution in [3.8, 4) is 5.69 Å². The van der Waals surface area contributed by atoms with Crippen molar-refractivity contribution < 1.29 is 4.79 Å². The molecule has 0 unspecified atom stereocenters. The van der Waals surface area contributed by atoms with Gasteiger partial charge in [0.2, 0.25) is 0 Å². The van der Waals surface area contributed by atoms with Crippen LogP contribution in [0.1, 0.15) is 29.8 Å². The summed E-state index contributed by atoms with van der Waals surface area (Å²) in [4.78, 5) is 17.2. The molecule has 0 fully saturated rings. The molecule has 176 valence electrons. The van der Waals surface area contributed by atoms with Crippen molar-refractivity contribution in [3.05, 3.63) is 88.4 Å². The third kappa shape index (κ3) is 4.39. The van der Waals surface area contributed by atoms with Gasteiger partial charge in [-0.05, 0) is 85.6 Å². The van der Waals surface area contributed by atoms with Gasteiger partial charge in [-0.15, -0.1) is 10.2 Å². The van der Waals surface area contributed by atoms with Crippen LogP contribution in [0, 0.1) is 6.92 Å². The van der Waals surface area contributed by atoms with Gasteiger partial charge in [0, 0.05) is 34.5 Å². The number of hydrogen-bond acceptors (Lipinski definition) is 4. The van der Waals surface area contributed by atoms with E-state index in [1.807, 2.05) is 67.6 Å². The second kappa shape index (κ2) is 9.50. The van der Waals surface area contributed by atoms with Crippen LogP contribution < -0.4 is 10.2 Å². The maximum absolute atomic E-state index is 13.2. The molecule has 1 heterocycles. The molecule has 1 amide bonds.